The zero-order valence-electron chi connectivity index (χ0n) is 17.6. The number of hydrogen-bond acceptors (Lipinski definition) is 6. The van der Waals surface area contributed by atoms with Gasteiger partial charge in [-0.2, -0.15) is 0 Å². The number of aromatic nitrogens is 2. The van der Waals surface area contributed by atoms with Crippen molar-refractivity contribution < 1.29 is 14.4 Å². The van der Waals surface area contributed by atoms with Gasteiger partial charge in [0.2, 0.25) is 5.91 Å². The topological polar surface area (TPSA) is 104 Å². The molecule has 3 N–H and O–H groups in total. The summed E-state index contributed by atoms with van der Waals surface area (Å²) in [6, 6.07) is 3.93. The van der Waals surface area contributed by atoms with Gasteiger partial charge in [-0.25, -0.2) is 4.98 Å². The number of nitrogens with zero attached hydrogens (tertiary/aromatic N) is 1. The van der Waals surface area contributed by atoms with Gasteiger partial charge in [-0.05, 0) is 44.9 Å². The van der Waals surface area contributed by atoms with E-state index in [9.17, 15) is 14.4 Å². The summed E-state index contributed by atoms with van der Waals surface area (Å²) < 4.78 is 0. The van der Waals surface area contributed by atoms with E-state index in [2.05, 4.69) is 20.6 Å². The fourth-order valence-electron chi connectivity index (χ4n) is 3.35. The molecule has 0 fully saturated rings. The number of H-pyrrole nitrogens is 1. The first-order valence-electron chi connectivity index (χ1n) is 9.55. The number of amides is 2. The van der Waals surface area contributed by atoms with E-state index in [-0.39, 0.29) is 17.6 Å². The molecule has 0 radical (unpaired) electrons. The Morgan fingerprint density at radius 3 is 2.50 bits per heavy atom. The zero-order valence-corrected chi connectivity index (χ0v) is 19.2. The van der Waals surface area contributed by atoms with Crippen LogP contribution >= 0.6 is 22.7 Å². The molecule has 7 nitrogen and oxygen atoms in total. The van der Waals surface area contributed by atoms with Crippen molar-refractivity contribution in [3.63, 3.8) is 0 Å². The Morgan fingerprint density at radius 1 is 1.13 bits per heavy atom. The van der Waals surface area contributed by atoms with Gasteiger partial charge in [-0.15, -0.1) is 22.7 Å². The van der Waals surface area contributed by atoms with Gasteiger partial charge in [-0.1, -0.05) is 6.92 Å². The lowest BCUT2D eigenvalue weighted by molar-refractivity contribution is -0.119. The van der Waals surface area contributed by atoms with Crippen molar-refractivity contribution in [2.24, 2.45) is 0 Å². The third kappa shape index (κ3) is 4.52. The molecule has 0 saturated heterocycles. The quantitative estimate of drug-likeness (QED) is 0.468. The van der Waals surface area contributed by atoms with Gasteiger partial charge in [0.05, 0.1) is 17.1 Å². The minimum atomic E-state index is -0.305. The second-order valence-corrected chi connectivity index (χ2v) is 9.31. The number of carbonyl (C=O) groups is 3. The van der Waals surface area contributed by atoms with E-state index in [1.165, 1.54) is 25.2 Å². The fraction of sp³-hybridized carbons (Fsp3) is 0.333. The molecule has 0 saturated carbocycles. The molecule has 0 unspecified atom stereocenters. The van der Waals surface area contributed by atoms with Gasteiger partial charge >= 0.3 is 0 Å². The molecule has 0 aliphatic rings. The average Bonchev–Trinajstić information content (AvgIpc) is 3.36. The lowest BCUT2D eigenvalue weighted by atomic mass is 10.0. The van der Waals surface area contributed by atoms with Crippen LogP contribution < -0.4 is 10.6 Å². The summed E-state index contributed by atoms with van der Waals surface area (Å²) in [5, 5.41) is 6.15. The predicted molar refractivity (Wildman–Crippen MR) is 121 cm³/mol. The van der Waals surface area contributed by atoms with E-state index in [0.717, 1.165) is 25.9 Å². The van der Waals surface area contributed by atoms with Crippen LogP contribution in [0.2, 0.25) is 0 Å². The highest BCUT2D eigenvalue weighted by Crippen LogP contribution is 2.35. The molecule has 158 valence electrons. The maximum atomic E-state index is 12.9. The van der Waals surface area contributed by atoms with Crippen molar-refractivity contribution >= 4 is 45.4 Å². The molecule has 3 heterocycles. The van der Waals surface area contributed by atoms with Gasteiger partial charge in [0.25, 0.3) is 5.91 Å². The van der Waals surface area contributed by atoms with E-state index in [1.807, 2.05) is 26.0 Å². The molecule has 3 aromatic heterocycles. The van der Waals surface area contributed by atoms with Crippen molar-refractivity contribution in [2.75, 3.05) is 5.32 Å². The number of aromatic amines is 1. The van der Waals surface area contributed by atoms with Crippen LogP contribution in [0.15, 0.2) is 12.1 Å². The molecule has 0 bridgehead atoms. The normalized spacial score (nSPS) is 10.8. The smallest absolute Gasteiger partial charge is 0.274 e. The largest absolute Gasteiger partial charge is 0.354 e. The van der Waals surface area contributed by atoms with Gasteiger partial charge in [0.15, 0.2) is 10.9 Å². The number of anilines is 1. The fourth-order valence-corrected chi connectivity index (χ4v) is 5.23. The Morgan fingerprint density at radius 2 is 1.87 bits per heavy atom. The standard InChI is InChI=1S/C21H24N4O3S2/c1-6-15-17(11(3)26)10(2)23-19(15)20(28)25-21-24-18(12(4)29-21)16-8-7-14(30-16)9-22-13(5)27/h7-8,23H,6,9H2,1-5H3,(H,22,27)(H,24,25,28). The number of aryl methyl sites for hydroxylation is 2. The summed E-state index contributed by atoms with van der Waals surface area (Å²) >= 11 is 2.96. The van der Waals surface area contributed by atoms with Crippen LogP contribution in [0.4, 0.5) is 5.13 Å². The number of thiophene rings is 1. The van der Waals surface area contributed by atoms with Crippen LogP contribution in [0.25, 0.3) is 10.6 Å². The van der Waals surface area contributed by atoms with E-state index < -0.39 is 0 Å². The van der Waals surface area contributed by atoms with Crippen molar-refractivity contribution in [1.29, 1.82) is 0 Å². The molecule has 9 heteroatoms. The van der Waals surface area contributed by atoms with Gasteiger partial charge < -0.3 is 10.3 Å². The summed E-state index contributed by atoms with van der Waals surface area (Å²) in [6.07, 6.45) is 0.580. The number of Topliss-reactive ketones (excluding diaryl/α,β-unsaturated/α-hetero) is 1. The van der Waals surface area contributed by atoms with Crippen molar-refractivity contribution in [2.45, 2.75) is 47.6 Å². The Labute approximate surface area is 182 Å². The van der Waals surface area contributed by atoms with E-state index in [0.29, 0.717) is 35.0 Å². The maximum Gasteiger partial charge on any atom is 0.274 e. The summed E-state index contributed by atoms with van der Waals surface area (Å²) in [7, 11) is 0. The van der Waals surface area contributed by atoms with Crippen LogP contribution in [-0.2, 0) is 17.8 Å². The first kappa shape index (κ1) is 21.9. The number of nitrogens with one attached hydrogen (secondary N) is 3. The van der Waals surface area contributed by atoms with Crippen molar-refractivity contribution in [1.82, 2.24) is 15.3 Å². The molecule has 0 aliphatic carbocycles. The van der Waals surface area contributed by atoms with Crippen LogP contribution in [0, 0.1) is 13.8 Å². The van der Waals surface area contributed by atoms with E-state index in [4.69, 9.17) is 0 Å². The number of hydrogen-bond donors (Lipinski definition) is 3. The lowest BCUT2D eigenvalue weighted by Gasteiger charge is -2.03. The molecule has 0 atom stereocenters. The van der Waals surface area contributed by atoms with E-state index >= 15 is 0 Å². The highest BCUT2D eigenvalue weighted by molar-refractivity contribution is 7.18. The van der Waals surface area contributed by atoms with Crippen LogP contribution in [-0.4, -0.2) is 27.6 Å². The number of thiazole rings is 1. The summed E-state index contributed by atoms with van der Waals surface area (Å²) in [5.41, 5.74) is 3.24. The monoisotopic (exact) mass is 444 g/mol. The minimum Gasteiger partial charge on any atom is -0.354 e. The molecule has 3 rings (SSSR count). The Bertz CT molecular complexity index is 1120. The van der Waals surface area contributed by atoms with E-state index in [1.54, 1.807) is 18.3 Å². The molecule has 0 aliphatic heterocycles. The molecule has 0 spiro atoms. The second kappa shape index (κ2) is 8.93. The SMILES string of the molecule is CCc1c(C(=O)Nc2nc(-c3ccc(CNC(C)=O)s3)c(C)s2)[nH]c(C)c1C(C)=O. The molecular weight excluding hydrogens is 420 g/mol. The predicted octanol–water partition coefficient (Wildman–Crippen LogP) is 4.47. The van der Waals surface area contributed by atoms with Crippen molar-refractivity contribution in [3.8, 4) is 10.6 Å². The van der Waals surface area contributed by atoms with Crippen LogP contribution in [0.3, 0.4) is 0 Å². The zero-order chi connectivity index (χ0) is 22.0. The number of carbonyl (C=O) groups excluding carboxylic acids is 3. The third-order valence-corrected chi connectivity index (χ3v) is 6.63. The Balaban J connectivity index is 1.81. The first-order chi connectivity index (χ1) is 14.2. The maximum absolute atomic E-state index is 12.9. The first-order valence-corrected chi connectivity index (χ1v) is 11.2. The van der Waals surface area contributed by atoms with Gasteiger partial charge in [-0.3, -0.25) is 19.7 Å². The number of ketones is 1. The Kier molecular flexibility index (Phi) is 6.52. The number of rotatable bonds is 7. The van der Waals surface area contributed by atoms with Crippen LogP contribution in [0.1, 0.15) is 62.6 Å². The molecular formula is C21H24N4O3S2. The molecule has 0 aromatic carbocycles. The summed E-state index contributed by atoms with van der Waals surface area (Å²) in [4.78, 5) is 46.6. The van der Waals surface area contributed by atoms with Gasteiger partial charge in [0, 0.05) is 27.9 Å². The molecule has 30 heavy (non-hydrogen) atoms. The lowest BCUT2D eigenvalue weighted by Crippen LogP contribution is -2.17. The van der Waals surface area contributed by atoms with Crippen LogP contribution in [0.5, 0.6) is 0 Å². The average molecular weight is 445 g/mol. The van der Waals surface area contributed by atoms with Crippen molar-refractivity contribution in [3.05, 3.63) is 44.4 Å². The summed E-state index contributed by atoms with van der Waals surface area (Å²) in [6.45, 7) is 9.16. The highest BCUT2D eigenvalue weighted by atomic mass is 32.1. The Hall–Kier alpha value is -2.78. The second-order valence-electron chi connectivity index (χ2n) is 6.94. The third-order valence-electron chi connectivity index (χ3n) is 4.65. The highest BCUT2D eigenvalue weighted by Gasteiger charge is 2.23. The molecule has 2 amide bonds. The summed E-state index contributed by atoms with van der Waals surface area (Å²) in [5.74, 6) is -0.432. The molecule has 3 aromatic rings. The van der Waals surface area contributed by atoms with Gasteiger partial charge in [0.1, 0.15) is 5.69 Å². The minimum absolute atomic E-state index is 0.0557.